The van der Waals surface area contributed by atoms with Crippen LogP contribution in [-0.4, -0.2) is 38.5 Å². The van der Waals surface area contributed by atoms with E-state index in [2.05, 4.69) is 17.6 Å². The van der Waals surface area contributed by atoms with Gasteiger partial charge in [-0.25, -0.2) is 9.78 Å². The molecule has 0 spiro atoms. The third-order valence-corrected chi connectivity index (χ3v) is 6.01. The van der Waals surface area contributed by atoms with Gasteiger partial charge in [0.1, 0.15) is 17.5 Å². The predicted molar refractivity (Wildman–Crippen MR) is 113 cm³/mol. The van der Waals surface area contributed by atoms with Crippen LogP contribution in [0.5, 0.6) is 0 Å². The van der Waals surface area contributed by atoms with Gasteiger partial charge in [-0.05, 0) is 37.3 Å². The number of carboxylic acid groups (broad SMARTS) is 1. The SMILES string of the molecule is CCc1nc2cc(C(=O)NC(C(=O)O)C(C)CC)ccn2c1NC1CCCCC1. The zero-order chi connectivity index (χ0) is 21.0. The maximum Gasteiger partial charge on any atom is 0.326 e. The first-order valence-corrected chi connectivity index (χ1v) is 10.8. The third-order valence-electron chi connectivity index (χ3n) is 6.01. The molecule has 3 rings (SSSR count). The minimum Gasteiger partial charge on any atom is -0.480 e. The second-order valence-electron chi connectivity index (χ2n) is 8.06. The van der Waals surface area contributed by atoms with Crippen LogP contribution in [0.3, 0.4) is 0 Å². The fraction of sp³-hybridized carbons (Fsp3) is 0.591. The Balaban J connectivity index is 1.84. The van der Waals surface area contributed by atoms with Crippen LogP contribution in [0.2, 0.25) is 0 Å². The van der Waals surface area contributed by atoms with Crippen LogP contribution >= 0.6 is 0 Å². The highest BCUT2D eigenvalue weighted by molar-refractivity contribution is 5.97. The van der Waals surface area contributed by atoms with E-state index in [4.69, 9.17) is 4.98 Å². The van der Waals surface area contributed by atoms with E-state index in [0.717, 1.165) is 17.9 Å². The van der Waals surface area contributed by atoms with E-state index in [0.29, 0.717) is 23.7 Å². The Kier molecular flexibility index (Phi) is 6.77. The molecule has 2 aromatic heterocycles. The summed E-state index contributed by atoms with van der Waals surface area (Å²) < 4.78 is 1.99. The quantitative estimate of drug-likeness (QED) is 0.625. The number of nitrogens with zero attached hydrogens (tertiary/aromatic N) is 2. The standard InChI is InChI=1S/C22H32N4O3/c1-4-14(3)19(22(28)29)25-21(27)15-11-12-26-18(13-15)24-17(5-2)20(26)23-16-9-7-6-8-10-16/h11-14,16,19,23H,4-10H2,1-3H3,(H,25,27)(H,28,29). The maximum absolute atomic E-state index is 12.7. The molecule has 0 aliphatic heterocycles. The average Bonchev–Trinajstić information content (AvgIpc) is 3.08. The van der Waals surface area contributed by atoms with Crippen molar-refractivity contribution in [3.05, 3.63) is 29.6 Å². The summed E-state index contributed by atoms with van der Waals surface area (Å²) in [4.78, 5) is 28.9. The van der Waals surface area contributed by atoms with Gasteiger partial charge in [0.25, 0.3) is 5.91 Å². The van der Waals surface area contributed by atoms with Gasteiger partial charge in [0.2, 0.25) is 0 Å². The number of aliphatic carboxylic acids is 1. The highest BCUT2D eigenvalue weighted by atomic mass is 16.4. The van der Waals surface area contributed by atoms with Crippen LogP contribution in [0.15, 0.2) is 18.3 Å². The van der Waals surface area contributed by atoms with Crippen molar-refractivity contribution in [2.45, 2.75) is 77.8 Å². The van der Waals surface area contributed by atoms with Gasteiger partial charge in [-0.1, -0.05) is 46.5 Å². The minimum atomic E-state index is -1.01. The fourth-order valence-corrected chi connectivity index (χ4v) is 3.98. The van der Waals surface area contributed by atoms with E-state index in [1.54, 1.807) is 12.1 Å². The molecule has 7 heteroatoms. The monoisotopic (exact) mass is 400 g/mol. The van der Waals surface area contributed by atoms with Crippen molar-refractivity contribution in [1.82, 2.24) is 14.7 Å². The Morgan fingerprint density at radius 2 is 2.00 bits per heavy atom. The number of imidazole rings is 1. The van der Waals surface area contributed by atoms with Gasteiger partial charge in [-0.15, -0.1) is 0 Å². The van der Waals surface area contributed by atoms with Crippen LogP contribution in [0.25, 0.3) is 5.65 Å². The summed E-state index contributed by atoms with van der Waals surface area (Å²) in [6, 6.07) is 3.02. The molecule has 1 aliphatic rings. The molecule has 2 atom stereocenters. The first-order chi connectivity index (χ1) is 13.9. The van der Waals surface area contributed by atoms with Gasteiger partial charge in [0.15, 0.2) is 0 Å². The molecule has 0 bridgehead atoms. The van der Waals surface area contributed by atoms with E-state index < -0.39 is 12.0 Å². The largest absolute Gasteiger partial charge is 0.480 e. The predicted octanol–water partition coefficient (Wildman–Crippen LogP) is 3.87. The van der Waals surface area contributed by atoms with E-state index in [1.807, 2.05) is 24.4 Å². The molecule has 2 aromatic rings. The molecule has 0 saturated heterocycles. The number of carbonyl (C=O) groups excluding carboxylic acids is 1. The molecular formula is C22H32N4O3. The minimum absolute atomic E-state index is 0.149. The van der Waals surface area contributed by atoms with Crippen LogP contribution in [0.4, 0.5) is 5.82 Å². The average molecular weight is 401 g/mol. The Hall–Kier alpha value is -2.57. The maximum atomic E-state index is 12.7. The number of hydrogen-bond donors (Lipinski definition) is 3. The second kappa shape index (κ2) is 9.29. The smallest absolute Gasteiger partial charge is 0.326 e. The lowest BCUT2D eigenvalue weighted by Crippen LogP contribution is -2.45. The van der Waals surface area contributed by atoms with Crippen molar-refractivity contribution in [3.63, 3.8) is 0 Å². The molecule has 0 aromatic carbocycles. The molecule has 1 aliphatic carbocycles. The number of hydrogen-bond acceptors (Lipinski definition) is 4. The number of pyridine rings is 1. The third kappa shape index (κ3) is 4.71. The lowest BCUT2D eigenvalue weighted by molar-refractivity contribution is -0.140. The van der Waals surface area contributed by atoms with Gasteiger partial charge in [-0.2, -0.15) is 0 Å². The lowest BCUT2D eigenvalue weighted by Gasteiger charge is -2.24. The highest BCUT2D eigenvalue weighted by Crippen LogP contribution is 2.25. The van der Waals surface area contributed by atoms with Crippen molar-refractivity contribution in [2.75, 3.05) is 5.32 Å². The van der Waals surface area contributed by atoms with Crippen molar-refractivity contribution < 1.29 is 14.7 Å². The fourth-order valence-electron chi connectivity index (χ4n) is 3.98. The number of aromatic nitrogens is 2. The molecule has 2 unspecified atom stereocenters. The summed E-state index contributed by atoms with van der Waals surface area (Å²) in [5, 5.41) is 15.8. The molecular weight excluding hydrogens is 368 g/mol. The van der Waals surface area contributed by atoms with Gasteiger partial charge >= 0.3 is 5.97 Å². The van der Waals surface area contributed by atoms with Gasteiger partial charge in [0, 0.05) is 17.8 Å². The number of amides is 1. The van der Waals surface area contributed by atoms with Gasteiger partial charge < -0.3 is 15.7 Å². The van der Waals surface area contributed by atoms with Crippen molar-refractivity contribution in [2.24, 2.45) is 5.92 Å². The normalized spacial score (nSPS) is 17.1. The summed E-state index contributed by atoms with van der Waals surface area (Å²) in [6.07, 6.45) is 9.47. The zero-order valence-corrected chi connectivity index (χ0v) is 17.6. The first kappa shape index (κ1) is 21.1. The summed E-state index contributed by atoms with van der Waals surface area (Å²) in [5.74, 6) is -0.543. The molecule has 158 valence electrons. The molecule has 1 fully saturated rings. The van der Waals surface area contributed by atoms with Crippen molar-refractivity contribution in [1.29, 1.82) is 0 Å². The van der Waals surface area contributed by atoms with Crippen LogP contribution < -0.4 is 10.6 Å². The molecule has 1 saturated carbocycles. The van der Waals surface area contributed by atoms with Gasteiger partial charge in [-0.3, -0.25) is 9.20 Å². The number of nitrogens with one attached hydrogen (secondary N) is 2. The van der Waals surface area contributed by atoms with Crippen LogP contribution in [0.1, 0.15) is 75.3 Å². The lowest BCUT2D eigenvalue weighted by atomic mass is 9.95. The summed E-state index contributed by atoms with van der Waals surface area (Å²) in [5.41, 5.74) is 2.10. The summed E-state index contributed by atoms with van der Waals surface area (Å²) in [6.45, 7) is 5.81. The Morgan fingerprint density at radius 1 is 1.28 bits per heavy atom. The summed E-state index contributed by atoms with van der Waals surface area (Å²) >= 11 is 0. The molecule has 3 N–H and O–H groups in total. The number of aryl methyl sites for hydroxylation is 1. The van der Waals surface area contributed by atoms with Crippen molar-refractivity contribution >= 4 is 23.3 Å². The number of carbonyl (C=O) groups is 2. The van der Waals surface area contributed by atoms with E-state index in [9.17, 15) is 14.7 Å². The van der Waals surface area contributed by atoms with Gasteiger partial charge in [0.05, 0.1) is 5.69 Å². The molecule has 1 amide bonds. The highest BCUT2D eigenvalue weighted by Gasteiger charge is 2.26. The van der Waals surface area contributed by atoms with Crippen LogP contribution in [-0.2, 0) is 11.2 Å². The molecule has 2 heterocycles. The van der Waals surface area contributed by atoms with Crippen LogP contribution in [0, 0.1) is 5.92 Å². The number of rotatable bonds is 8. The topological polar surface area (TPSA) is 95.7 Å². The van der Waals surface area contributed by atoms with E-state index >= 15 is 0 Å². The Morgan fingerprint density at radius 3 is 2.62 bits per heavy atom. The molecule has 7 nitrogen and oxygen atoms in total. The molecule has 0 radical (unpaired) electrons. The zero-order valence-electron chi connectivity index (χ0n) is 17.6. The number of carboxylic acids is 1. The second-order valence-corrected chi connectivity index (χ2v) is 8.06. The Labute approximate surface area is 171 Å². The summed E-state index contributed by atoms with van der Waals surface area (Å²) in [7, 11) is 0. The number of anilines is 1. The Bertz CT molecular complexity index is 870. The van der Waals surface area contributed by atoms with E-state index in [1.165, 1.54) is 32.1 Å². The number of fused-ring (bicyclic) bond motifs is 1. The van der Waals surface area contributed by atoms with Crippen molar-refractivity contribution in [3.8, 4) is 0 Å². The molecule has 29 heavy (non-hydrogen) atoms. The van der Waals surface area contributed by atoms with E-state index in [-0.39, 0.29) is 11.8 Å². The first-order valence-electron chi connectivity index (χ1n) is 10.8.